The number of amides is 1. The molecule has 0 N–H and O–H groups in total. The van der Waals surface area contributed by atoms with Crippen molar-refractivity contribution in [3.8, 4) is 0 Å². The van der Waals surface area contributed by atoms with Gasteiger partial charge in [0.15, 0.2) is 0 Å². The van der Waals surface area contributed by atoms with E-state index in [0.717, 1.165) is 18.5 Å². The molecular weight excluding hydrogens is 408 g/mol. The Morgan fingerprint density at radius 2 is 1.73 bits per heavy atom. The molecule has 1 heterocycles. The predicted octanol–water partition coefficient (Wildman–Crippen LogP) is 5.86. The first-order valence-electron chi connectivity index (χ1n) is 12.5. The van der Waals surface area contributed by atoms with Crippen molar-refractivity contribution in [2.45, 2.75) is 44.6 Å². The Hall–Kier alpha value is -2.85. The van der Waals surface area contributed by atoms with Crippen LogP contribution >= 0.6 is 0 Å². The zero-order valence-electron chi connectivity index (χ0n) is 19.6. The molecule has 2 atom stereocenters. The summed E-state index contributed by atoms with van der Waals surface area (Å²) in [5, 5.41) is 2.65. The molecule has 33 heavy (non-hydrogen) atoms. The van der Waals surface area contributed by atoms with E-state index >= 15 is 0 Å². The zero-order chi connectivity index (χ0) is 22.6. The lowest BCUT2D eigenvalue weighted by atomic mass is 9.80. The molecule has 2 unspecified atom stereocenters. The van der Waals surface area contributed by atoms with Gasteiger partial charge in [-0.2, -0.15) is 0 Å². The first-order valence-corrected chi connectivity index (χ1v) is 12.5. The number of anilines is 1. The second-order valence-corrected chi connectivity index (χ2v) is 9.33. The van der Waals surface area contributed by atoms with Crippen LogP contribution in [0.15, 0.2) is 66.7 Å². The molecule has 2 aliphatic rings. The van der Waals surface area contributed by atoms with Crippen LogP contribution in [0.2, 0.25) is 0 Å². The van der Waals surface area contributed by atoms with Gasteiger partial charge in [-0.15, -0.1) is 0 Å². The van der Waals surface area contributed by atoms with Crippen LogP contribution in [-0.2, 0) is 4.74 Å². The Bertz CT molecular complexity index is 1080. The lowest BCUT2D eigenvalue weighted by Crippen LogP contribution is -2.40. The summed E-state index contributed by atoms with van der Waals surface area (Å²) in [5.74, 6) is 0.666. The van der Waals surface area contributed by atoms with Crippen molar-refractivity contribution in [2.75, 3.05) is 37.7 Å². The molecule has 1 saturated heterocycles. The molecule has 0 aromatic heterocycles. The number of carbonyl (C=O) groups is 1. The molecule has 4 heteroatoms. The van der Waals surface area contributed by atoms with Crippen LogP contribution in [0.5, 0.6) is 0 Å². The van der Waals surface area contributed by atoms with E-state index in [2.05, 4.69) is 66.4 Å². The van der Waals surface area contributed by atoms with E-state index in [1.807, 2.05) is 17.0 Å². The maximum Gasteiger partial charge on any atom is 0.254 e. The lowest BCUT2D eigenvalue weighted by Gasteiger charge is -2.39. The van der Waals surface area contributed by atoms with Crippen molar-refractivity contribution >= 4 is 22.4 Å². The molecule has 1 amide bonds. The Morgan fingerprint density at radius 3 is 2.52 bits per heavy atom. The van der Waals surface area contributed by atoms with Crippen LogP contribution in [0.3, 0.4) is 0 Å². The second-order valence-electron chi connectivity index (χ2n) is 9.33. The van der Waals surface area contributed by atoms with E-state index in [1.165, 1.54) is 41.3 Å². The average molecular weight is 443 g/mol. The number of benzene rings is 3. The van der Waals surface area contributed by atoms with E-state index in [9.17, 15) is 4.79 Å². The van der Waals surface area contributed by atoms with Gasteiger partial charge in [0, 0.05) is 42.3 Å². The SMILES string of the molecule is CCN(c1cccc2ccccc12)C1CCCC(c2ccc(C(=O)N3CCOCC3)cc2)C1. The maximum absolute atomic E-state index is 12.8. The molecule has 172 valence electrons. The average Bonchev–Trinajstić information content (AvgIpc) is 2.90. The van der Waals surface area contributed by atoms with Crippen molar-refractivity contribution in [3.63, 3.8) is 0 Å². The summed E-state index contributed by atoms with van der Waals surface area (Å²) in [7, 11) is 0. The van der Waals surface area contributed by atoms with Crippen LogP contribution in [0.1, 0.15) is 54.4 Å². The summed E-state index contributed by atoms with van der Waals surface area (Å²) < 4.78 is 5.38. The number of fused-ring (bicyclic) bond motifs is 1. The first-order chi connectivity index (χ1) is 16.2. The number of nitrogens with zero attached hydrogens (tertiary/aromatic N) is 2. The highest BCUT2D eigenvalue weighted by atomic mass is 16.5. The van der Waals surface area contributed by atoms with E-state index < -0.39 is 0 Å². The summed E-state index contributed by atoms with van der Waals surface area (Å²) >= 11 is 0. The Kier molecular flexibility index (Phi) is 6.63. The topological polar surface area (TPSA) is 32.8 Å². The Morgan fingerprint density at radius 1 is 0.970 bits per heavy atom. The second kappa shape index (κ2) is 9.96. The van der Waals surface area contributed by atoms with Gasteiger partial charge < -0.3 is 14.5 Å². The minimum Gasteiger partial charge on any atom is -0.378 e. The van der Waals surface area contributed by atoms with Crippen LogP contribution in [0.25, 0.3) is 10.8 Å². The molecule has 1 aliphatic heterocycles. The highest BCUT2D eigenvalue weighted by Crippen LogP contribution is 2.38. The molecular formula is C29H34N2O2. The third-order valence-electron chi connectivity index (χ3n) is 7.43. The van der Waals surface area contributed by atoms with Crippen LogP contribution < -0.4 is 4.90 Å². The Balaban J connectivity index is 1.32. The fourth-order valence-electron chi connectivity index (χ4n) is 5.68. The van der Waals surface area contributed by atoms with E-state index in [-0.39, 0.29) is 5.91 Å². The molecule has 0 spiro atoms. The summed E-state index contributed by atoms with van der Waals surface area (Å²) in [6, 6.07) is 24.3. The summed E-state index contributed by atoms with van der Waals surface area (Å²) in [4.78, 5) is 17.3. The number of ether oxygens (including phenoxy) is 1. The van der Waals surface area contributed by atoms with E-state index in [1.54, 1.807) is 0 Å². The summed E-state index contributed by atoms with van der Waals surface area (Å²) in [6.45, 7) is 5.93. The highest BCUT2D eigenvalue weighted by molar-refractivity contribution is 5.95. The smallest absolute Gasteiger partial charge is 0.254 e. The van der Waals surface area contributed by atoms with Crippen molar-refractivity contribution in [1.29, 1.82) is 0 Å². The van der Waals surface area contributed by atoms with Gasteiger partial charge in [0.1, 0.15) is 0 Å². The fraction of sp³-hybridized carbons (Fsp3) is 0.414. The largest absolute Gasteiger partial charge is 0.378 e. The molecule has 2 fully saturated rings. The van der Waals surface area contributed by atoms with Crippen molar-refractivity contribution < 1.29 is 9.53 Å². The molecule has 3 aromatic rings. The number of carbonyl (C=O) groups excluding carboxylic acids is 1. The van der Waals surface area contributed by atoms with Gasteiger partial charge in [-0.25, -0.2) is 0 Å². The molecule has 1 aliphatic carbocycles. The molecule has 3 aromatic carbocycles. The van der Waals surface area contributed by atoms with Crippen LogP contribution in [-0.4, -0.2) is 49.7 Å². The number of rotatable bonds is 5. The molecule has 1 saturated carbocycles. The van der Waals surface area contributed by atoms with Crippen molar-refractivity contribution in [3.05, 3.63) is 77.9 Å². The normalized spacial score (nSPS) is 21.2. The minimum absolute atomic E-state index is 0.125. The third-order valence-corrected chi connectivity index (χ3v) is 7.43. The lowest BCUT2D eigenvalue weighted by molar-refractivity contribution is 0.0303. The standard InChI is InChI=1S/C29H34N2O2/c1-2-31(28-12-6-8-23-7-3-4-11-27(23)28)26-10-5-9-25(21-26)22-13-15-24(16-14-22)29(32)30-17-19-33-20-18-30/h3-4,6-8,11-16,25-26H,2,5,9-10,17-21H2,1H3. The van der Waals surface area contributed by atoms with Gasteiger partial charge in [0.2, 0.25) is 0 Å². The highest BCUT2D eigenvalue weighted by Gasteiger charge is 2.28. The molecule has 4 nitrogen and oxygen atoms in total. The van der Waals surface area contributed by atoms with Crippen molar-refractivity contribution in [2.24, 2.45) is 0 Å². The Labute approximate surface area is 197 Å². The first kappa shape index (κ1) is 22.0. The molecule has 0 radical (unpaired) electrons. The zero-order valence-corrected chi connectivity index (χ0v) is 19.6. The van der Waals surface area contributed by atoms with Gasteiger partial charge in [-0.1, -0.05) is 55.0 Å². The number of hydrogen-bond donors (Lipinski definition) is 0. The van der Waals surface area contributed by atoms with Crippen LogP contribution in [0.4, 0.5) is 5.69 Å². The van der Waals surface area contributed by atoms with E-state index in [0.29, 0.717) is 38.3 Å². The van der Waals surface area contributed by atoms with Crippen molar-refractivity contribution in [1.82, 2.24) is 4.90 Å². The monoisotopic (exact) mass is 442 g/mol. The molecule has 0 bridgehead atoms. The fourth-order valence-corrected chi connectivity index (χ4v) is 5.68. The van der Waals surface area contributed by atoms with Crippen LogP contribution in [0, 0.1) is 0 Å². The maximum atomic E-state index is 12.8. The van der Waals surface area contributed by atoms with E-state index in [4.69, 9.17) is 4.74 Å². The molecule has 5 rings (SSSR count). The van der Waals surface area contributed by atoms with Gasteiger partial charge in [0.05, 0.1) is 13.2 Å². The van der Waals surface area contributed by atoms with Gasteiger partial charge in [-0.3, -0.25) is 4.79 Å². The third kappa shape index (κ3) is 4.63. The summed E-state index contributed by atoms with van der Waals surface area (Å²) in [6.07, 6.45) is 4.86. The predicted molar refractivity (Wildman–Crippen MR) is 135 cm³/mol. The number of hydrogen-bond acceptors (Lipinski definition) is 3. The van der Waals surface area contributed by atoms with Gasteiger partial charge in [0.25, 0.3) is 5.91 Å². The summed E-state index contributed by atoms with van der Waals surface area (Å²) in [5.41, 5.74) is 3.51. The quantitative estimate of drug-likeness (QED) is 0.496. The number of morpholine rings is 1. The minimum atomic E-state index is 0.125. The van der Waals surface area contributed by atoms with Gasteiger partial charge in [-0.05, 0) is 61.3 Å². The van der Waals surface area contributed by atoms with Gasteiger partial charge >= 0.3 is 0 Å².